The molecule has 1 aliphatic heterocycles. The van der Waals surface area contributed by atoms with Crippen LogP contribution in [-0.4, -0.2) is 35.0 Å². The first-order valence-corrected chi connectivity index (χ1v) is 7.89. The first kappa shape index (κ1) is 16.1. The molecule has 1 aliphatic carbocycles. The number of carbonyl (C=O) groups is 1. The summed E-state index contributed by atoms with van der Waals surface area (Å²) in [5.74, 6) is 0.821. The Morgan fingerprint density at radius 1 is 1.26 bits per heavy atom. The first-order valence-electron chi connectivity index (χ1n) is 7.89. The number of aromatic nitrogens is 1. The van der Waals surface area contributed by atoms with Gasteiger partial charge in [0.25, 0.3) is 0 Å². The lowest BCUT2D eigenvalue weighted by atomic mass is 10.0. The monoisotopic (exact) mass is 328 g/mol. The number of nitrogens with zero attached hydrogens (tertiary/aromatic N) is 2. The summed E-state index contributed by atoms with van der Waals surface area (Å²) in [7, 11) is 0. The highest BCUT2D eigenvalue weighted by molar-refractivity contribution is 5.77. The van der Waals surface area contributed by atoms with Gasteiger partial charge in [-0.2, -0.15) is 13.2 Å². The molecule has 0 radical (unpaired) electrons. The van der Waals surface area contributed by atoms with Gasteiger partial charge in [-0.3, -0.25) is 4.79 Å². The summed E-state index contributed by atoms with van der Waals surface area (Å²) in [4.78, 5) is 17.5. The summed E-state index contributed by atoms with van der Waals surface area (Å²) in [5.41, 5.74) is -0.799. The van der Waals surface area contributed by atoms with Gasteiger partial charge < -0.3 is 9.64 Å². The molecule has 0 bridgehead atoms. The third-order valence-electron chi connectivity index (χ3n) is 4.49. The van der Waals surface area contributed by atoms with Gasteiger partial charge in [0, 0.05) is 18.7 Å². The van der Waals surface area contributed by atoms with Crippen LogP contribution in [0.1, 0.15) is 37.7 Å². The van der Waals surface area contributed by atoms with Crippen molar-refractivity contribution in [2.24, 2.45) is 5.92 Å². The summed E-state index contributed by atoms with van der Waals surface area (Å²) in [6.07, 6.45) is 1.47. The number of rotatable bonds is 4. The van der Waals surface area contributed by atoms with Gasteiger partial charge in [0.1, 0.15) is 6.10 Å². The van der Waals surface area contributed by atoms with Gasteiger partial charge in [-0.25, -0.2) is 4.98 Å². The van der Waals surface area contributed by atoms with Gasteiger partial charge in [-0.15, -0.1) is 0 Å². The zero-order chi connectivity index (χ0) is 16.4. The van der Waals surface area contributed by atoms with Crippen LogP contribution < -0.4 is 4.74 Å². The van der Waals surface area contributed by atoms with Gasteiger partial charge >= 0.3 is 6.18 Å². The Labute approximate surface area is 132 Å². The Morgan fingerprint density at radius 3 is 2.52 bits per heavy atom. The van der Waals surface area contributed by atoms with Crippen molar-refractivity contribution >= 4 is 5.91 Å². The second kappa shape index (κ2) is 6.37. The van der Waals surface area contributed by atoms with E-state index < -0.39 is 11.7 Å². The molecule has 0 spiro atoms. The zero-order valence-corrected chi connectivity index (χ0v) is 12.7. The molecule has 0 atom stereocenters. The summed E-state index contributed by atoms with van der Waals surface area (Å²) in [6.45, 7) is 0.961. The molecule has 23 heavy (non-hydrogen) atoms. The van der Waals surface area contributed by atoms with Crippen molar-refractivity contribution in [3.05, 3.63) is 23.9 Å². The quantitative estimate of drug-likeness (QED) is 0.852. The van der Waals surface area contributed by atoms with Gasteiger partial charge in [0.15, 0.2) is 0 Å². The molecule has 2 fully saturated rings. The van der Waals surface area contributed by atoms with E-state index in [1.807, 2.05) is 0 Å². The molecule has 1 amide bonds. The number of amides is 1. The molecular weight excluding hydrogens is 309 g/mol. The highest BCUT2D eigenvalue weighted by Crippen LogP contribution is 2.30. The molecule has 1 aromatic heterocycles. The van der Waals surface area contributed by atoms with Crippen LogP contribution in [0.3, 0.4) is 0 Å². The Morgan fingerprint density at radius 2 is 1.96 bits per heavy atom. The van der Waals surface area contributed by atoms with Gasteiger partial charge in [-0.05, 0) is 24.8 Å². The number of halogens is 3. The van der Waals surface area contributed by atoms with Crippen molar-refractivity contribution in [1.82, 2.24) is 9.88 Å². The van der Waals surface area contributed by atoms with Crippen LogP contribution in [0.25, 0.3) is 0 Å². The fourth-order valence-electron chi connectivity index (χ4n) is 3.10. The highest BCUT2D eigenvalue weighted by Gasteiger charge is 2.34. The minimum absolute atomic E-state index is 0.150. The third kappa shape index (κ3) is 3.95. The van der Waals surface area contributed by atoms with Crippen molar-refractivity contribution in [2.75, 3.05) is 13.1 Å². The van der Waals surface area contributed by atoms with Crippen molar-refractivity contribution in [3.63, 3.8) is 0 Å². The number of ether oxygens (including phenoxy) is 1. The maximum atomic E-state index is 12.4. The molecule has 1 saturated carbocycles. The number of hydrogen-bond acceptors (Lipinski definition) is 3. The van der Waals surface area contributed by atoms with E-state index in [4.69, 9.17) is 4.74 Å². The fraction of sp³-hybridized carbons (Fsp3) is 0.625. The van der Waals surface area contributed by atoms with Crippen LogP contribution in [0.2, 0.25) is 0 Å². The van der Waals surface area contributed by atoms with Crippen LogP contribution in [0.15, 0.2) is 18.3 Å². The number of likely N-dealkylation sites (tertiary alicyclic amines) is 1. The molecule has 1 saturated heterocycles. The Kier molecular flexibility index (Phi) is 4.46. The van der Waals surface area contributed by atoms with E-state index in [0.29, 0.717) is 25.4 Å². The molecular formula is C16H19F3N2O2. The average Bonchev–Trinajstić information content (AvgIpc) is 2.94. The maximum absolute atomic E-state index is 12.4. The number of hydrogen-bond donors (Lipinski definition) is 0. The lowest BCUT2D eigenvalue weighted by Gasteiger charge is -2.39. The Bertz CT molecular complexity index is 547. The second-order valence-corrected chi connectivity index (χ2v) is 6.28. The fourth-order valence-corrected chi connectivity index (χ4v) is 3.10. The van der Waals surface area contributed by atoms with Crippen LogP contribution in [0, 0.1) is 5.92 Å². The van der Waals surface area contributed by atoms with E-state index in [2.05, 4.69) is 4.98 Å². The van der Waals surface area contributed by atoms with E-state index >= 15 is 0 Å². The molecule has 1 aromatic rings. The number of carbonyl (C=O) groups excluding carboxylic acids is 1. The topological polar surface area (TPSA) is 42.4 Å². The lowest BCUT2D eigenvalue weighted by Crippen LogP contribution is -2.56. The molecule has 7 heteroatoms. The van der Waals surface area contributed by atoms with Crippen LogP contribution in [-0.2, 0) is 11.0 Å². The van der Waals surface area contributed by atoms with Crippen LogP contribution >= 0.6 is 0 Å². The molecule has 2 heterocycles. The van der Waals surface area contributed by atoms with E-state index in [0.717, 1.165) is 25.1 Å². The largest absolute Gasteiger partial charge is 0.471 e. The van der Waals surface area contributed by atoms with Gasteiger partial charge in [0.05, 0.1) is 18.7 Å². The SMILES string of the molecule is O=C(CC1CCCC1)N1CC(Oc2ccc(C(F)(F)F)cn2)C1. The minimum Gasteiger partial charge on any atom is -0.471 e. The standard InChI is InChI=1S/C16H19F3N2O2/c17-16(18,19)12-5-6-14(20-8-12)23-13-9-21(10-13)15(22)7-11-3-1-2-4-11/h5-6,8,11,13H,1-4,7,9-10H2. The average molecular weight is 328 g/mol. The zero-order valence-electron chi connectivity index (χ0n) is 12.7. The van der Waals surface area contributed by atoms with E-state index in [9.17, 15) is 18.0 Å². The molecule has 0 N–H and O–H groups in total. The summed E-state index contributed by atoms with van der Waals surface area (Å²) in [6, 6.07) is 2.16. The summed E-state index contributed by atoms with van der Waals surface area (Å²) < 4.78 is 42.8. The van der Waals surface area contributed by atoms with Crippen LogP contribution in [0.4, 0.5) is 13.2 Å². The molecule has 0 aromatic carbocycles. The second-order valence-electron chi connectivity index (χ2n) is 6.28. The van der Waals surface area contributed by atoms with E-state index in [1.54, 1.807) is 4.90 Å². The van der Waals surface area contributed by atoms with Crippen molar-refractivity contribution in [2.45, 2.75) is 44.4 Å². The number of pyridine rings is 1. The van der Waals surface area contributed by atoms with Crippen molar-refractivity contribution < 1.29 is 22.7 Å². The number of alkyl halides is 3. The van der Waals surface area contributed by atoms with Gasteiger partial charge in [-0.1, -0.05) is 12.8 Å². The van der Waals surface area contributed by atoms with Crippen LogP contribution in [0.5, 0.6) is 5.88 Å². The molecule has 0 unspecified atom stereocenters. The van der Waals surface area contributed by atoms with Crippen molar-refractivity contribution in [1.29, 1.82) is 0 Å². The summed E-state index contributed by atoms with van der Waals surface area (Å²) in [5, 5.41) is 0. The predicted octanol–water partition coefficient (Wildman–Crippen LogP) is 3.27. The van der Waals surface area contributed by atoms with Gasteiger partial charge in [0.2, 0.25) is 11.8 Å². The smallest absolute Gasteiger partial charge is 0.417 e. The highest BCUT2D eigenvalue weighted by atomic mass is 19.4. The third-order valence-corrected chi connectivity index (χ3v) is 4.49. The van der Waals surface area contributed by atoms with E-state index in [1.165, 1.54) is 18.9 Å². The molecule has 2 aliphatic rings. The first-order chi connectivity index (χ1) is 10.9. The molecule has 126 valence electrons. The lowest BCUT2D eigenvalue weighted by molar-refractivity contribution is -0.141. The van der Waals surface area contributed by atoms with E-state index in [-0.39, 0.29) is 17.9 Å². The normalized spacial score (nSPS) is 19.7. The Balaban J connectivity index is 1.44. The molecule has 4 nitrogen and oxygen atoms in total. The van der Waals surface area contributed by atoms with Crippen molar-refractivity contribution in [3.8, 4) is 5.88 Å². The predicted molar refractivity (Wildman–Crippen MR) is 76.8 cm³/mol. The minimum atomic E-state index is -4.40. The maximum Gasteiger partial charge on any atom is 0.417 e. The summed E-state index contributed by atoms with van der Waals surface area (Å²) >= 11 is 0. The Hall–Kier alpha value is -1.79. The molecule has 3 rings (SSSR count).